The Hall–Kier alpha value is -1.83. The summed E-state index contributed by atoms with van der Waals surface area (Å²) in [6.07, 6.45) is 0.720. The maximum Gasteiger partial charge on any atom is 0.323 e. The molecule has 0 aromatic carbocycles. The average Bonchev–Trinajstić information content (AvgIpc) is 2.24. The molecule has 0 fully saturated rings. The second-order valence-electron chi connectivity index (χ2n) is 5.68. The lowest BCUT2D eigenvalue weighted by Gasteiger charge is -2.27. The van der Waals surface area contributed by atoms with E-state index >= 15 is 0 Å². The number of rotatable bonds is 9. The number of urea groups is 1. The summed E-state index contributed by atoms with van der Waals surface area (Å²) < 4.78 is 0. The van der Waals surface area contributed by atoms with Gasteiger partial charge in [0, 0.05) is 12.6 Å². The molecule has 3 N–H and O–H groups in total. The normalized spacial score (nSPS) is 12.3. The van der Waals surface area contributed by atoms with Crippen molar-refractivity contribution >= 4 is 18.0 Å². The molecule has 0 saturated carbocycles. The third kappa shape index (κ3) is 9.67. The predicted octanol–water partition coefficient (Wildman–Crippen LogP) is 0.144. The SMILES string of the molecule is CC(C)CC(CN(C)C)NC(=O)N(CC(=O)O)CC(=O)O. The molecule has 0 bridgehead atoms. The van der Waals surface area contributed by atoms with Crippen molar-refractivity contribution in [1.29, 1.82) is 0 Å². The zero-order valence-electron chi connectivity index (χ0n) is 13.0. The Kier molecular flexibility index (Phi) is 8.37. The summed E-state index contributed by atoms with van der Waals surface area (Å²) in [5.41, 5.74) is 0. The number of carboxylic acid groups (broad SMARTS) is 2. The first-order valence-corrected chi connectivity index (χ1v) is 6.75. The number of amides is 2. The lowest BCUT2D eigenvalue weighted by molar-refractivity contribution is -0.140. The number of hydrogen-bond donors (Lipinski definition) is 3. The molecule has 0 spiro atoms. The summed E-state index contributed by atoms with van der Waals surface area (Å²) in [7, 11) is 3.73. The lowest BCUT2D eigenvalue weighted by Crippen LogP contribution is -2.51. The number of carbonyl (C=O) groups is 3. The van der Waals surface area contributed by atoms with Crippen molar-refractivity contribution in [2.45, 2.75) is 26.3 Å². The summed E-state index contributed by atoms with van der Waals surface area (Å²) in [6, 6.07) is -0.843. The standard InChI is InChI=1S/C13H25N3O5/c1-9(2)5-10(6-15(3)4)14-13(21)16(7-11(17)18)8-12(19)20/h9-10H,5-8H2,1-4H3,(H,14,21)(H,17,18)(H,19,20). The van der Waals surface area contributed by atoms with Gasteiger partial charge in [0.25, 0.3) is 0 Å². The number of likely N-dealkylation sites (N-methyl/N-ethyl adjacent to an activating group) is 1. The minimum absolute atomic E-state index is 0.169. The van der Waals surface area contributed by atoms with Crippen molar-refractivity contribution in [3.63, 3.8) is 0 Å². The van der Waals surface area contributed by atoms with Gasteiger partial charge in [-0.15, -0.1) is 0 Å². The molecule has 0 radical (unpaired) electrons. The Bertz CT molecular complexity index is 345. The summed E-state index contributed by atoms with van der Waals surface area (Å²) in [5.74, 6) is -2.15. The van der Waals surface area contributed by atoms with Gasteiger partial charge in [0.1, 0.15) is 13.1 Å². The second-order valence-corrected chi connectivity index (χ2v) is 5.68. The highest BCUT2D eigenvalue weighted by atomic mass is 16.4. The molecule has 8 heteroatoms. The molecule has 0 heterocycles. The number of carbonyl (C=O) groups excluding carboxylic acids is 1. The van der Waals surface area contributed by atoms with Crippen LogP contribution in [-0.4, -0.2) is 77.8 Å². The Morgan fingerprint density at radius 3 is 1.86 bits per heavy atom. The zero-order chi connectivity index (χ0) is 16.6. The molecule has 21 heavy (non-hydrogen) atoms. The van der Waals surface area contributed by atoms with Gasteiger partial charge in [-0.3, -0.25) is 9.59 Å². The van der Waals surface area contributed by atoms with E-state index in [2.05, 4.69) is 5.32 Å². The minimum atomic E-state index is -1.25. The molecule has 0 aliphatic rings. The number of hydrogen-bond acceptors (Lipinski definition) is 4. The highest BCUT2D eigenvalue weighted by Crippen LogP contribution is 2.06. The molecule has 1 unspecified atom stereocenters. The maximum absolute atomic E-state index is 12.1. The van der Waals surface area contributed by atoms with Crippen molar-refractivity contribution in [1.82, 2.24) is 15.1 Å². The van der Waals surface area contributed by atoms with E-state index in [0.29, 0.717) is 12.5 Å². The van der Waals surface area contributed by atoms with Crippen LogP contribution in [0.25, 0.3) is 0 Å². The van der Waals surface area contributed by atoms with Gasteiger partial charge < -0.3 is 25.3 Å². The predicted molar refractivity (Wildman–Crippen MR) is 77.2 cm³/mol. The number of nitrogens with one attached hydrogen (secondary N) is 1. The van der Waals surface area contributed by atoms with Crippen molar-refractivity contribution < 1.29 is 24.6 Å². The summed E-state index contributed by atoms with van der Waals surface area (Å²) in [5, 5.41) is 20.2. The first kappa shape index (κ1) is 19.2. The molecule has 0 aliphatic carbocycles. The number of aliphatic carboxylic acids is 2. The van der Waals surface area contributed by atoms with Gasteiger partial charge in [-0.1, -0.05) is 13.8 Å². The first-order valence-electron chi connectivity index (χ1n) is 6.75. The molecule has 0 rings (SSSR count). The molecule has 1 atom stereocenters. The second kappa shape index (κ2) is 9.17. The minimum Gasteiger partial charge on any atom is -0.480 e. The van der Waals surface area contributed by atoms with Crippen LogP contribution in [0.15, 0.2) is 0 Å². The highest BCUT2D eigenvalue weighted by Gasteiger charge is 2.23. The number of nitrogens with zero attached hydrogens (tertiary/aromatic N) is 2. The fraction of sp³-hybridized carbons (Fsp3) is 0.769. The molecule has 8 nitrogen and oxygen atoms in total. The molecule has 122 valence electrons. The number of carboxylic acids is 2. The van der Waals surface area contributed by atoms with Crippen LogP contribution in [0.4, 0.5) is 4.79 Å². The molecule has 0 saturated heterocycles. The van der Waals surface area contributed by atoms with E-state index in [1.165, 1.54) is 0 Å². The summed E-state index contributed by atoms with van der Waals surface area (Å²) >= 11 is 0. The summed E-state index contributed by atoms with van der Waals surface area (Å²) in [6.45, 7) is 3.34. The Morgan fingerprint density at radius 2 is 1.52 bits per heavy atom. The van der Waals surface area contributed by atoms with E-state index in [1.54, 1.807) is 0 Å². The van der Waals surface area contributed by atoms with Crippen LogP contribution in [0, 0.1) is 5.92 Å². The molecule has 0 aliphatic heterocycles. The molecule has 2 amide bonds. The quantitative estimate of drug-likeness (QED) is 0.559. The van der Waals surface area contributed by atoms with Crippen LogP contribution >= 0.6 is 0 Å². The van der Waals surface area contributed by atoms with E-state index in [-0.39, 0.29) is 6.04 Å². The van der Waals surface area contributed by atoms with Crippen LogP contribution in [0.3, 0.4) is 0 Å². The van der Waals surface area contributed by atoms with Crippen molar-refractivity contribution in [3.8, 4) is 0 Å². The van der Waals surface area contributed by atoms with Gasteiger partial charge in [0.15, 0.2) is 0 Å². The van der Waals surface area contributed by atoms with Crippen molar-refractivity contribution in [2.24, 2.45) is 5.92 Å². The lowest BCUT2D eigenvalue weighted by atomic mass is 10.0. The van der Waals surface area contributed by atoms with Gasteiger partial charge in [-0.2, -0.15) is 0 Å². The van der Waals surface area contributed by atoms with E-state index in [0.717, 1.165) is 11.3 Å². The Balaban J connectivity index is 4.78. The fourth-order valence-electron chi connectivity index (χ4n) is 1.98. The van der Waals surface area contributed by atoms with Crippen molar-refractivity contribution in [2.75, 3.05) is 33.7 Å². The van der Waals surface area contributed by atoms with E-state index in [1.807, 2.05) is 32.8 Å². The van der Waals surface area contributed by atoms with Crippen LogP contribution in [-0.2, 0) is 9.59 Å². The van der Waals surface area contributed by atoms with E-state index < -0.39 is 31.1 Å². The first-order chi connectivity index (χ1) is 9.61. The van der Waals surface area contributed by atoms with Gasteiger partial charge in [0.2, 0.25) is 0 Å². The Labute approximate surface area is 124 Å². The molecular formula is C13H25N3O5. The zero-order valence-corrected chi connectivity index (χ0v) is 13.0. The topological polar surface area (TPSA) is 110 Å². The van der Waals surface area contributed by atoms with E-state index in [9.17, 15) is 14.4 Å². The van der Waals surface area contributed by atoms with Crippen LogP contribution in [0.5, 0.6) is 0 Å². The highest BCUT2D eigenvalue weighted by molar-refractivity contribution is 5.84. The molecular weight excluding hydrogens is 278 g/mol. The van der Waals surface area contributed by atoms with Gasteiger partial charge in [-0.05, 0) is 26.4 Å². The van der Waals surface area contributed by atoms with Crippen LogP contribution in [0.1, 0.15) is 20.3 Å². The average molecular weight is 303 g/mol. The Morgan fingerprint density at radius 1 is 1.05 bits per heavy atom. The third-order valence-corrected chi connectivity index (χ3v) is 2.61. The van der Waals surface area contributed by atoms with Gasteiger partial charge in [0.05, 0.1) is 0 Å². The van der Waals surface area contributed by atoms with Crippen LogP contribution in [0.2, 0.25) is 0 Å². The monoisotopic (exact) mass is 303 g/mol. The summed E-state index contributed by atoms with van der Waals surface area (Å²) in [4.78, 5) is 36.2. The van der Waals surface area contributed by atoms with Crippen LogP contribution < -0.4 is 5.32 Å². The third-order valence-electron chi connectivity index (χ3n) is 2.61. The smallest absolute Gasteiger partial charge is 0.323 e. The fourth-order valence-corrected chi connectivity index (χ4v) is 1.98. The van der Waals surface area contributed by atoms with Crippen molar-refractivity contribution in [3.05, 3.63) is 0 Å². The largest absolute Gasteiger partial charge is 0.480 e. The molecule has 0 aromatic heterocycles. The van der Waals surface area contributed by atoms with Gasteiger partial charge in [-0.25, -0.2) is 4.79 Å². The van der Waals surface area contributed by atoms with E-state index in [4.69, 9.17) is 10.2 Å². The van der Waals surface area contributed by atoms with Gasteiger partial charge >= 0.3 is 18.0 Å². The maximum atomic E-state index is 12.1. The molecule has 0 aromatic rings.